The van der Waals surface area contributed by atoms with Crippen molar-refractivity contribution < 1.29 is 9.90 Å². The summed E-state index contributed by atoms with van der Waals surface area (Å²) in [5, 5.41) is 10.1. The van der Waals surface area contributed by atoms with Gasteiger partial charge < -0.3 is 5.11 Å². The minimum absolute atomic E-state index is 0.104. The van der Waals surface area contributed by atoms with Gasteiger partial charge in [-0.3, -0.25) is 4.79 Å². The Labute approximate surface area is 103 Å². The number of aliphatic hydroxyl groups excluding tert-OH is 1. The average Bonchev–Trinajstić information content (AvgIpc) is 2.38. The zero-order valence-corrected chi connectivity index (χ0v) is 10.1. The van der Waals surface area contributed by atoms with E-state index in [9.17, 15) is 9.90 Å². The van der Waals surface area contributed by atoms with E-state index in [1.165, 1.54) is 5.56 Å². The van der Waals surface area contributed by atoms with Gasteiger partial charge in [-0.2, -0.15) is 0 Å². The molecule has 0 saturated heterocycles. The summed E-state index contributed by atoms with van der Waals surface area (Å²) >= 11 is 0. The number of aryl methyl sites for hydroxylation is 1. The fourth-order valence-corrected chi connectivity index (χ4v) is 2.58. The van der Waals surface area contributed by atoms with Crippen LogP contribution in [0.25, 0.3) is 0 Å². The van der Waals surface area contributed by atoms with Crippen molar-refractivity contribution in [2.45, 2.75) is 44.6 Å². The zero-order chi connectivity index (χ0) is 12.1. The number of aliphatic hydroxyl groups is 1. The molecule has 0 heterocycles. The van der Waals surface area contributed by atoms with Gasteiger partial charge in [-0.15, -0.1) is 0 Å². The number of hydrogen-bond acceptors (Lipinski definition) is 2. The number of carbonyl (C=O) groups excluding carboxylic acids is 1. The third-order valence-corrected chi connectivity index (χ3v) is 3.64. The third kappa shape index (κ3) is 3.40. The molecule has 1 fully saturated rings. The topological polar surface area (TPSA) is 37.3 Å². The Hall–Kier alpha value is -1.15. The van der Waals surface area contributed by atoms with E-state index in [0.717, 1.165) is 25.7 Å². The summed E-state index contributed by atoms with van der Waals surface area (Å²) in [6.45, 7) is 0. The van der Waals surface area contributed by atoms with Crippen LogP contribution in [-0.4, -0.2) is 17.0 Å². The molecular formula is C15H20O2. The maximum Gasteiger partial charge on any atom is 0.138 e. The van der Waals surface area contributed by atoms with Gasteiger partial charge >= 0.3 is 0 Å². The van der Waals surface area contributed by atoms with Crippen LogP contribution in [-0.2, 0) is 11.2 Å². The monoisotopic (exact) mass is 232 g/mol. The lowest BCUT2D eigenvalue weighted by atomic mass is 9.82. The Balaban J connectivity index is 1.84. The van der Waals surface area contributed by atoms with Crippen molar-refractivity contribution in [3.8, 4) is 0 Å². The number of rotatable bonds is 4. The van der Waals surface area contributed by atoms with Gasteiger partial charge in [0.1, 0.15) is 5.78 Å². The van der Waals surface area contributed by atoms with Crippen molar-refractivity contribution in [1.82, 2.24) is 0 Å². The van der Waals surface area contributed by atoms with Crippen LogP contribution in [0, 0.1) is 5.92 Å². The molecule has 1 aromatic carbocycles. The van der Waals surface area contributed by atoms with Gasteiger partial charge in [0.15, 0.2) is 0 Å². The highest BCUT2D eigenvalue weighted by molar-refractivity contribution is 5.82. The van der Waals surface area contributed by atoms with Crippen LogP contribution in [0.1, 0.15) is 37.7 Å². The molecular weight excluding hydrogens is 212 g/mol. The minimum atomic E-state index is -0.456. The molecule has 2 nitrogen and oxygen atoms in total. The predicted octanol–water partition coefficient (Wildman–Crippen LogP) is 2.74. The van der Waals surface area contributed by atoms with E-state index in [-0.39, 0.29) is 11.7 Å². The van der Waals surface area contributed by atoms with E-state index >= 15 is 0 Å². The molecule has 92 valence electrons. The molecule has 0 spiro atoms. The highest BCUT2D eigenvalue weighted by Crippen LogP contribution is 2.25. The Kier molecular flexibility index (Phi) is 4.32. The summed E-state index contributed by atoms with van der Waals surface area (Å²) in [5.74, 6) is 0.157. The second-order valence-corrected chi connectivity index (χ2v) is 4.91. The Bertz CT molecular complexity index is 358. The van der Waals surface area contributed by atoms with Crippen LogP contribution in [0.2, 0.25) is 0 Å². The first-order chi connectivity index (χ1) is 8.27. The lowest BCUT2D eigenvalue weighted by Gasteiger charge is -2.25. The first kappa shape index (κ1) is 12.3. The Morgan fingerprint density at radius 3 is 2.71 bits per heavy atom. The molecule has 2 rings (SSSR count). The number of Topliss-reactive ketones (excluding diaryl/α,β-unsaturated/α-hetero) is 1. The van der Waals surface area contributed by atoms with E-state index in [1.54, 1.807) is 0 Å². The largest absolute Gasteiger partial charge is 0.392 e. The van der Waals surface area contributed by atoms with Crippen molar-refractivity contribution in [1.29, 1.82) is 0 Å². The van der Waals surface area contributed by atoms with Gasteiger partial charge in [0.2, 0.25) is 0 Å². The van der Waals surface area contributed by atoms with E-state index in [1.807, 2.05) is 18.2 Å². The zero-order valence-electron chi connectivity index (χ0n) is 10.1. The molecule has 2 heteroatoms. The van der Waals surface area contributed by atoms with Crippen molar-refractivity contribution in [3.63, 3.8) is 0 Å². The maximum absolute atomic E-state index is 11.7. The van der Waals surface area contributed by atoms with Crippen LogP contribution in [0.15, 0.2) is 30.3 Å². The lowest BCUT2D eigenvalue weighted by Crippen LogP contribution is -2.31. The molecule has 0 unspecified atom stereocenters. The van der Waals surface area contributed by atoms with Crippen LogP contribution < -0.4 is 0 Å². The number of ketones is 1. The van der Waals surface area contributed by atoms with Crippen molar-refractivity contribution in [3.05, 3.63) is 35.9 Å². The van der Waals surface area contributed by atoms with E-state index in [0.29, 0.717) is 12.8 Å². The molecule has 0 aromatic heterocycles. The van der Waals surface area contributed by atoms with Gasteiger partial charge in [0, 0.05) is 12.3 Å². The quantitative estimate of drug-likeness (QED) is 0.866. The molecule has 2 atom stereocenters. The van der Waals surface area contributed by atoms with E-state index < -0.39 is 6.10 Å². The van der Waals surface area contributed by atoms with Gasteiger partial charge in [0.05, 0.1) is 6.10 Å². The summed E-state index contributed by atoms with van der Waals surface area (Å²) in [6, 6.07) is 10.1. The molecule has 0 radical (unpaired) electrons. The van der Waals surface area contributed by atoms with Gasteiger partial charge in [-0.25, -0.2) is 0 Å². The average molecular weight is 232 g/mol. The first-order valence-corrected chi connectivity index (χ1v) is 6.52. The summed E-state index contributed by atoms with van der Waals surface area (Å²) in [7, 11) is 0. The molecule has 1 aliphatic rings. The molecule has 17 heavy (non-hydrogen) atoms. The van der Waals surface area contributed by atoms with Gasteiger partial charge in [0.25, 0.3) is 0 Å². The fraction of sp³-hybridized carbons (Fsp3) is 0.533. The normalized spacial score (nSPS) is 22.4. The third-order valence-electron chi connectivity index (χ3n) is 3.64. The molecule has 0 bridgehead atoms. The summed E-state index contributed by atoms with van der Waals surface area (Å²) in [6.07, 6.45) is 4.70. The molecule has 0 aliphatic heterocycles. The lowest BCUT2D eigenvalue weighted by molar-refractivity contribution is -0.128. The number of benzene rings is 1. The predicted molar refractivity (Wildman–Crippen MR) is 67.7 cm³/mol. The Morgan fingerprint density at radius 1 is 1.24 bits per heavy atom. The summed E-state index contributed by atoms with van der Waals surface area (Å²) in [5.41, 5.74) is 1.23. The number of hydrogen-bond donors (Lipinski definition) is 1. The van der Waals surface area contributed by atoms with Crippen LogP contribution in [0.4, 0.5) is 0 Å². The highest BCUT2D eigenvalue weighted by Gasteiger charge is 2.28. The molecule has 0 amide bonds. The second kappa shape index (κ2) is 5.97. The van der Waals surface area contributed by atoms with Gasteiger partial charge in [-0.1, -0.05) is 36.8 Å². The van der Waals surface area contributed by atoms with Crippen molar-refractivity contribution in [2.75, 3.05) is 0 Å². The molecule has 1 aliphatic carbocycles. The smallest absolute Gasteiger partial charge is 0.138 e. The summed E-state index contributed by atoms with van der Waals surface area (Å²) < 4.78 is 0. The van der Waals surface area contributed by atoms with E-state index in [4.69, 9.17) is 0 Å². The Morgan fingerprint density at radius 2 is 2.00 bits per heavy atom. The molecule has 1 saturated carbocycles. The van der Waals surface area contributed by atoms with E-state index in [2.05, 4.69) is 12.1 Å². The fourth-order valence-electron chi connectivity index (χ4n) is 2.58. The van der Waals surface area contributed by atoms with Gasteiger partial charge in [-0.05, 0) is 31.2 Å². The first-order valence-electron chi connectivity index (χ1n) is 6.52. The van der Waals surface area contributed by atoms with Crippen LogP contribution in [0.5, 0.6) is 0 Å². The number of carbonyl (C=O) groups is 1. The van der Waals surface area contributed by atoms with Crippen LogP contribution >= 0.6 is 0 Å². The molecule has 1 aromatic rings. The summed E-state index contributed by atoms with van der Waals surface area (Å²) in [4.78, 5) is 11.7. The van der Waals surface area contributed by atoms with Crippen molar-refractivity contribution >= 4 is 5.78 Å². The molecule has 1 N–H and O–H groups in total. The maximum atomic E-state index is 11.7. The SMILES string of the molecule is O=C1CCCC[C@@H]1[C@H](O)CCc1ccccc1. The van der Waals surface area contributed by atoms with Crippen LogP contribution in [0.3, 0.4) is 0 Å². The standard InChI is InChI=1S/C15H20O2/c16-14-9-5-4-8-13(14)15(17)11-10-12-6-2-1-3-7-12/h1-3,6-7,13,15,17H,4-5,8-11H2/t13-,15+/m0/s1. The minimum Gasteiger partial charge on any atom is -0.392 e. The van der Waals surface area contributed by atoms with Crippen molar-refractivity contribution in [2.24, 2.45) is 5.92 Å². The second-order valence-electron chi connectivity index (χ2n) is 4.91. The highest BCUT2D eigenvalue weighted by atomic mass is 16.3.